The topological polar surface area (TPSA) is 79.5 Å². The number of aryl methyl sites for hydroxylation is 1. The van der Waals surface area contributed by atoms with Crippen molar-refractivity contribution in [2.24, 2.45) is 0 Å². The molecule has 0 saturated carbocycles. The van der Waals surface area contributed by atoms with E-state index in [1.807, 2.05) is 4.90 Å². The van der Waals surface area contributed by atoms with Gasteiger partial charge in [0.05, 0.1) is 6.54 Å². The minimum Gasteiger partial charge on any atom is -0.480 e. The number of carbonyl (C=O) groups is 1. The van der Waals surface area contributed by atoms with Crippen molar-refractivity contribution in [2.75, 3.05) is 6.54 Å². The van der Waals surface area contributed by atoms with E-state index in [0.29, 0.717) is 24.7 Å². The maximum Gasteiger partial charge on any atom is 0.320 e. The lowest BCUT2D eigenvalue weighted by atomic mass is 10.0. The molecule has 2 heterocycles. The van der Waals surface area contributed by atoms with Gasteiger partial charge in [-0.3, -0.25) is 9.69 Å². The fraction of sp³-hybridized carbons (Fsp3) is 0.769. The summed E-state index contributed by atoms with van der Waals surface area (Å²) in [7, 11) is 0. The molecule has 1 aromatic rings. The largest absolute Gasteiger partial charge is 0.480 e. The molecule has 0 amide bonds. The maximum absolute atomic E-state index is 11.2. The third kappa shape index (κ3) is 3.76. The summed E-state index contributed by atoms with van der Waals surface area (Å²) in [4.78, 5) is 17.4. The van der Waals surface area contributed by atoms with E-state index < -0.39 is 12.0 Å². The van der Waals surface area contributed by atoms with Gasteiger partial charge in [0.25, 0.3) is 0 Å². The van der Waals surface area contributed by atoms with Gasteiger partial charge >= 0.3 is 5.97 Å². The number of aromatic nitrogens is 2. The van der Waals surface area contributed by atoms with Crippen LogP contribution in [-0.2, 0) is 17.8 Å². The first-order valence-corrected chi connectivity index (χ1v) is 6.99. The Labute approximate surface area is 112 Å². The lowest BCUT2D eigenvalue weighted by Gasteiger charge is -2.31. The minimum atomic E-state index is -0.755. The third-order valence-electron chi connectivity index (χ3n) is 3.50. The molecular formula is C13H21N3O3. The molecule has 1 saturated heterocycles. The van der Waals surface area contributed by atoms with Crippen molar-refractivity contribution in [3.8, 4) is 0 Å². The standard InChI is InChI=1S/C13H21N3O3/c1-2-3-7-12-14-11(15-19-12)9-16-8-5-4-6-10(16)13(17)18/h10H,2-9H2,1H3,(H,17,18)/t10-/m1/s1. The van der Waals surface area contributed by atoms with E-state index in [-0.39, 0.29) is 0 Å². The van der Waals surface area contributed by atoms with Gasteiger partial charge in [0, 0.05) is 6.42 Å². The molecule has 1 aromatic heterocycles. The Bertz CT molecular complexity index is 419. The van der Waals surface area contributed by atoms with Gasteiger partial charge < -0.3 is 9.63 Å². The van der Waals surface area contributed by atoms with Crippen LogP contribution in [0.3, 0.4) is 0 Å². The molecule has 106 valence electrons. The summed E-state index contributed by atoms with van der Waals surface area (Å²) in [6, 6.07) is -0.411. The summed E-state index contributed by atoms with van der Waals surface area (Å²) < 4.78 is 5.17. The number of carboxylic acid groups (broad SMARTS) is 1. The molecule has 6 heteroatoms. The van der Waals surface area contributed by atoms with Gasteiger partial charge in [0.1, 0.15) is 6.04 Å². The number of hydrogen-bond acceptors (Lipinski definition) is 5. The number of aliphatic carboxylic acids is 1. The molecule has 2 rings (SSSR count). The van der Waals surface area contributed by atoms with Crippen LogP contribution >= 0.6 is 0 Å². The van der Waals surface area contributed by atoms with Gasteiger partial charge in [0.2, 0.25) is 5.89 Å². The molecule has 6 nitrogen and oxygen atoms in total. The quantitative estimate of drug-likeness (QED) is 0.847. The van der Waals surface area contributed by atoms with Crippen LogP contribution in [0.4, 0.5) is 0 Å². The van der Waals surface area contributed by atoms with Crippen molar-refractivity contribution in [3.05, 3.63) is 11.7 Å². The summed E-state index contributed by atoms with van der Waals surface area (Å²) in [6.45, 7) is 3.37. The van der Waals surface area contributed by atoms with Crippen molar-refractivity contribution in [1.82, 2.24) is 15.0 Å². The van der Waals surface area contributed by atoms with Crippen LogP contribution in [0.5, 0.6) is 0 Å². The number of likely N-dealkylation sites (tertiary alicyclic amines) is 1. The van der Waals surface area contributed by atoms with E-state index in [1.54, 1.807) is 0 Å². The Kier molecular flexibility index (Phi) is 4.90. The van der Waals surface area contributed by atoms with Gasteiger partial charge in [-0.25, -0.2) is 0 Å². The zero-order valence-corrected chi connectivity index (χ0v) is 11.3. The number of nitrogens with zero attached hydrogens (tertiary/aromatic N) is 3. The van der Waals surface area contributed by atoms with Gasteiger partial charge in [-0.15, -0.1) is 0 Å². The second-order valence-corrected chi connectivity index (χ2v) is 5.03. The van der Waals surface area contributed by atoms with Gasteiger partial charge in [-0.1, -0.05) is 24.9 Å². The Hall–Kier alpha value is -1.43. The molecule has 1 N–H and O–H groups in total. The summed E-state index contributed by atoms with van der Waals surface area (Å²) in [5.41, 5.74) is 0. The Morgan fingerprint density at radius 2 is 2.37 bits per heavy atom. The van der Waals surface area contributed by atoms with Gasteiger partial charge in [0.15, 0.2) is 5.82 Å². The second-order valence-electron chi connectivity index (χ2n) is 5.03. The van der Waals surface area contributed by atoms with Gasteiger partial charge in [-0.05, 0) is 25.8 Å². The van der Waals surface area contributed by atoms with Crippen LogP contribution < -0.4 is 0 Å². The predicted molar refractivity (Wildman–Crippen MR) is 68.6 cm³/mol. The van der Waals surface area contributed by atoms with Crippen molar-refractivity contribution in [1.29, 1.82) is 0 Å². The molecular weight excluding hydrogens is 246 g/mol. The first-order valence-electron chi connectivity index (χ1n) is 6.99. The molecule has 0 radical (unpaired) electrons. The highest BCUT2D eigenvalue weighted by Crippen LogP contribution is 2.19. The van der Waals surface area contributed by atoms with Crippen molar-refractivity contribution < 1.29 is 14.4 Å². The average molecular weight is 267 g/mol. The molecule has 0 aromatic carbocycles. The molecule has 0 bridgehead atoms. The summed E-state index contributed by atoms with van der Waals surface area (Å²) in [5.74, 6) is 0.495. The predicted octanol–water partition coefficient (Wildman–Crippen LogP) is 1.85. The van der Waals surface area contributed by atoms with Crippen molar-refractivity contribution in [2.45, 2.75) is 58.0 Å². The highest BCUT2D eigenvalue weighted by atomic mass is 16.5. The first-order chi connectivity index (χ1) is 9.20. The Morgan fingerprint density at radius 1 is 1.53 bits per heavy atom. The van der Waals surface area contributed by atoms with Crippen LogP contribution in [0.15, 0.2) is 4.52 Å². The summed E-state index contributed by atoms with van der Waals surface area (Å²) >= 11 is 0. The number of hydrogen-bond donors (Lipinski definition) is 1. The van der Waals surface area contributed by atoms with Crippen LogP contribution in [0, 0.1) is 0 Å². The summed E-state index contributed by atoms with van der Waals surface area (Å²) in [6.07, 6.45) is 5.63. The van der Waals surface area contributed by atoms with Crippen molar-refractivity contribution >= 4 is 5.97 Å². The molecule has 0 unspecified atom stereocenters. The molecule has 1 aliphatic rings. The van der Waals surface area contributed by atoms with Gasteiger partial charge in [-0.2, -0.15) is 4.98 Å². The number of piperidine rings is 1. The van der Waals surface area contributed by atoms with E-state index in [4.69, 9.17) is 4.52 Å². The van der Waals surface area contributed by atoms with Crippen LogP contribution in [0.2, 0.25) is 0 Å². The minimum absolute atomic E-state index is 0.411. The fourth-order valence-corrected chi connectivity index (χ4v) is 2.43. The van der Waals surface area contributed by atoms with Crippen molar-refractivity contribution in [3.63, 3.8) is 0 Å². The highest BCUT2D eigenvalue weighted by molar-refractivity contribution is 5.73. The third-order valence-corrected chi connectivity index (χ3v) is 3.50. The van der Waals surface area contributed by atoms with E-state index in [9.17, 15) is 9.90 Å². The zero-order chi connectivity index (χ0) is 13.7. The average Bonchev–Trinajstić information content (AvgIpc) is 2.84. The smallest absolute Gasteiger partial charge is 0.320 e. The molecule has 1 atom stereocenters. The molecule has 1 aliphatic heterocycles. The van der Waals surface area contributed by atoms with E-state index >= 15 is 0 Å². The molecule has 0 aliphatic carbocycles. The molecule has 19 heavy (non-hydrogen) atoms. The first kappa shape index (κ1) is 14.0. The maximum atomic E-state index is 11.2. The number of rotatable bonds is 6. The zero-order valence-electron chi connectivity index (χ0n) is 11.3. The lowest BCUT2D eigenvalue weighted by molar-refractivity contribution is -0.144. The van der Waals surface area contributed by atoms with E-state index in [2.05, 4.69) is 17.1 Å². The Morgan fingerprint density at radius 3 is 3.11 bits per heavy atom. The van der Waals surface area contributed by atoms with Crippen LogP contribution in [0.1, 0.15) is 50.7 Å². The summed E-state index contributed by atoms with van der Waals surface area (Å²) in [5, 5.41) is 13.1. The highest BCUT2D eigenvalue weighted by Gasteiger charge is 2.29. The molecule has 1 fully saturated rings. The van der Waals surface area contributed by atoms with Crippen LogP contribution in [-0.4, -0.2) is 38.7 Å². The fourth-order valence-electron chi connectivity index (χ4n) is 2.43. The number of unbranched alkanes of at least 4 members (excludes halogenated alkanes) is 1. The van der Waals surface area contributed by atoms with E-state index in [1.165, 1.54) is 0 Å². The van der Waals surface area contributed by atoms with Crippen LogP contribution in [0.25, 0.3) is 0 Å². The number of carboxylic acids is 1. The lowest BCUT2D eigenvalue weighted by Crippen LogP contribution is -2.44. The second kappa shape index (κ2) is 6.65. The SMILES string of the molecule is CCCCc1nc(CN2CCCC[C@@H]2C(=O)O)no1. The Balaban J connectivity index is 1.94. The molecule has 0 spiro atoms. The monoisotopic (exact) mass is 267 g/mol. The normalized spacial score (nSPS) is 20.6. The van der Waals surface area contributed by atoms with E-state index in [0.717, 1.165) is 38.6 Å².